The molecule has 0 unspecified atom stereocenters. The molecule has 0 aromatic heterocycles. The first-order chi connectivity index (χ1) is 9.34. The first kappa shape index (κ1) is 12.9. The Morgan fingerprint density at radius 3 is 2.26 bits per heavy atom. The van der Waals surface area contributed by atoms with Gasteiger partial charge in [0.15, 0.2) is 0 Å². The van der Waals surface area contributed by atoms with Gasteiger partial charge in [0, 0.05) is 0 Å². The number of ether oxygens (including phenoxy) is 2. The van der Waals surface area contributed by atoms with Crippen LogP contribution in [0.4, 0.5) is 4.79 Å². The topological polar surface area (TPSA) is 35.5 Å². The maximum Gasteiger partial charge on any atom is 0.514 e. The predicted molar refractivity (Wildman–Crippen MR) is 73.9 cm³/mol. The van der Waals surface area contributed by atoms with Gasteiger partial charge in [0.1, 0.15) is 12.4 Å². The SMILES string of the molecule is O=C(OC/C=C/c1ccccc1)Oc1ccccc1. The fraction of sp³-hybridized carbons (Fsp3) is 0.0625. The maximum atomic E-state index is 11.3. The van der Waals surface area contributed by atoms with E-state index in [4.69, 9.17) is 9.47 Å². The summed E-state index contributed by atoms with van der Waals surface area (Å²) >= 11 is 0. The summed E-state index contributed by atoms with van der Waals surface area (Å²) in [5.41, 5.74) is 1.06. The molecule has 0 atom stereocenters. The van der Waals surface area contributed by atoms with E-state index in [9.17, 15) is 4.79 Å². The molecule has 0 fully saturated rings. The molecule has 0 N–H and O–H groups in total. The molecule has 3 nitrogen and oxygen atoms in total. The van der Waals surface area contributed by atoms with Crippen molar-refractivity contribution in [2.24, 2.45) is 0 Å². The third-order valence-corrected chi connectivity index (χ3v) is 2.35. The first-order valence-electron chi connectivity index (χ1n) is 5.96. The fourth-order valence-corrected chi connectivity index (χ4v) is 1.48. The predicted octanol–water partition coefficient (Wildman–Crippen LogP) is 3.92. The van der Waals surface area contributed by atoms with E-state index in [-0.39, 0.29) is 6.61 Å². The minimum atomic E-state index is -0.705. The highest BCUT2D eigenvalue weighted by molar-refractivity contribution is 5.64. The summed E-state index contributed by atoms with van der Waals surface area (Å²) in [6.45, 7) is 0.181. The molecule has 0 bridgehead atoms. The van der Waals surface area contributed by atoms with Gasteiger partial charge in [-0.1, -0.05) is 54.6 Å². The van der Waals surface area contributed by atoms with Crippen LogP contribution >= 0.6 is 0 Å². The molecule has 0 heterocycles. The van der Waals surface area contributed by atoms with Crippen molar-refractivity contribution in [3.05, 3.63) is 72.3 Å². The normalized spacial score (nSPS) is 10.3. The molecule has 0 saturated heterocycles. The van der Waals surface area contributed by atoms with E-state index < -0.39 is 6.16 Å². The smallest absolute Gasteiger partial charge is 0.430 e. The molecule has 3 heteroatoms. The lowest BCUT2D eigenvalue weighted by Gasteiger charge is -2.03. The monoisotopic (exact) mass is 254 g/mol. The van der Waals surface area contributed by atoms with Crippen LogP contribution in [-0.2, 0) is 4.74 Å². The van der Waals surface area contributed by atoms with Gasteiger partial charge in [0.25, 0.3) is 0 Å². The van der Waals surface area contributed by atoms with Crippen molar-refractivity contribution in [1.29, 1.82) is 0 Å². The molecule has 0 aliphatic carbocycles. The molecule has 96 valence electrons. The van der Waals surface area contributed by atoms with E-state index in [1.807, 2.05) is 42.5 Å². The second kappa shape index (κ2) is 7.01. The molecule has 0 aliphatic heterocycles. The zero-order valence-corrected chi connectivity index (χ0v) is 10.4. The Balaban J connectivity index is 1.74. The van der Waals surface area contributed by atoms with E-state index in [1.54, 1.807) is 30.3 Å². The summed E-state index contributed by atoms with van der Waals surface area (Å²) in [6, 6.07) is 18.6. The lowest BCUT2D eigenvalue weighted by molar-refractivity contribution is 0.110. The minimum Gasteiger partial charge on any atom is -0.430 e. The van der Waals surface area contributed by atoms with Gasteiger partial charge in [-0.2, -0.15) is 0 Å². The third kappa shape index (κ3) is 4.68. The average molecular weight is 254 g/mol. The van der Waals surface area contributed by atoms with E-state index in [0.717, 1.165) is 5.56 Å². The molecule has 0 aliphatic rings. The summed E-state index contributed by atoms with van der Waals surface area (Å²) in [5.74, 6) is 0.472. The maximum absolute atomic E-state index is 11.3. The molecule has 0 amide bonds. The van der Waals surface area contributed by atoms with E-state index in [2.05, 4.69) is 0 Å². The molecule has 19 heavy (non-hydrogen) atoms. The van der Waals surface area contributed by atoms with Gasteiger partial charge >= 0.3 is 6.16 Å². The standard InChI is InChI=1S/C16H14O3/c17-16(19-15-11-5-2-6-12-15)18-13-7-10-14-8-3-1-4-9-14/h1-12H,13H2/b10-7+. The third-order valence-electron chi connectivity index (χ3n) is 2.35. The summed E-state index contributed by atoms with van der Waals surface area (Å²) in [5, 5.41) is 0. The van der Waals surface area contributed by atoms with Crippen molar-refractivity contribution in [1.82, 2.24) is 0 Å². The Morgan fingerprint density at radius 2 is 1.58 bits per heavy atom. The van der Waals surface area contributed by atoms with Crippen LogP contribution in [0.3, 0.4) is 0 Å². The first-order valence-corrected chi connectivity index (χ1v) is 5.96. The van der Waals surface area contributed by atoms with Crippen molar-refractivity contribution in [3.8, 4) is 5.75 Å². The van der Waals surface area contributed by atoms with Gasteiger partial charge in [-0.25, -0.2) is 4.79 Å². The zero-order valence-electron chi connectivity index (χ0n) is 10.4. The van der Waals surface area contributed by atoms with Crippen LogP contribution in [0.1, 0.15) is 5.56 Å². The largest absolute Gasteiger partial charge is 0.514 e. The molecule has 0 radical (unpaired) electrons. The molecule has 2 aromatic carbocycles. The highest BCUT2D eigenvalue weighted by Crippen LogP contribution is 2.09. The fourth-order valence-electron chi connectivity index (χ4n) is 1.48. The number of hydrogen-bond acceptors (Lipinski definition) is 3. The number of benzene rings is 2. The summed E-state index contributed by atoms with van der Waals surface area (Å²) in [6.07, 6.45) is 2.95. The van der Waals surface area contributed by atoms with Crippen LogP contribution in [-0.4, -0.2) is 12.8 Å². The van der Waals surface area contributed by atoms with Crippen molar-refractivity contribution in [2.75, 3.05) is 6.61 Å². The number of rotatable bonds is 4. The number of hydrogen-bond donors (Lipinski definition) is 0. The van der Waals surface area contributed by atoms with Gasteiger partial charge in [0.05, 0.1) is 0 Å². The van der Waals surface area contributed by atoms with Crippen molar-refractivity contribution >= 4 is 12.2 Å². The summed E-state index contributed by atoms with van der Waals surface area (Å²) in [7, 11) is 0. The van der Waals surface area contributed by atoms with Crippen LogP contribution < -0.4 is 4.74 Å². The quantitative estimate of drug-likeness (QED) is 0.613. The molecule has 0 spiro atoms. The van der Waals surface area contributed by atoms with Crippen LogP contribution in [0.5, 0.6) is 5.75 Å². The van der Waals surface area contributed by atoms with Crippen molar-refractivity contribution < 1.29 is 14.3 Å². The van der Waals surface area contributed by atoms with E-state index in [0.29, 0.717) is 5.75 Å². The van der Waals surface area contributed by atoms with Crippen LogP contribution in [0.25, 0.3) is 6.08 Å². The zero-order chi connectivity index (χ0) is 13.3. The number of carbonyl (C=O) groups excluding carboxylic acids is 1. The van der Waals surface area contributed by atoms with Gasteiger partial charge in [-0.05, 0) is 23.8 Å². The van der Waals surface area contributed by atoms with Gasteiger partial charge in [-0.15, -0.1) is 0 Å². The van der Waals surface area contributed by atoms with Gasteiger partial charge in [0.2, 0.25) is 0 Å². The summed E-state index contributed by atoms with van der Waals surface area (Å²) < 4.78 is 9.89. The van der Waals surface area contributed by atoms with Crippen molar-refractivity contribution in [3.63, 3.8) is 0 Å². The second-order valence-electron chi connectivity index (χ2n) is 3.79. The highest BCUT2D eigenvalue weighted by atomic mass is 16.7. The lowest BCUT2D eigenvalue weighted by Crippen LogP contribution is -2.10. The second-order valence-corrected chi connectivity index (χ2v) is 3.79. The Hall–Kier alpha value is -2.55. The van der Waals surface area contributed by atoms with Gasteiger partial charge in [-0.3, -0.25) is 0 Å². The number of carbonyl (C=O) groups is 1. The Kier molecular flexibility index (Phi) is 4.76. The Bertz CT molecular complexity index is 532. The average Bonchev–Trinajstić information content (AvgIpc) is 2.46. The number of para-hydroxylation sites is 1. The molecule has 2 aromatic rings. The minimum absolute atomic E-state index is 0.181. The molecule has 2 rings (SSSR count). The van der Waals surface area contributed by atoms with Crippen LogP contribution in [0, 0.1) is 0 Å². The Labute approximate surface area is 112 Å². The molecular weight excluding hydrogens is 240 g/mol. The molecule has 0 saturated carbocycles. The van der Waals surface area contributed by atoms with E-state index >= 15 is 0 Å². The highest BCUT2D eigenvalue weighted by Gasteiger charge is 2.03. The Morgan fingerprint density at radius 1 is 0.947 bits per heavy atom. The van der Waals surface area contributed by atoms with Crippen LogP contribution in [0.2, 0.25) is 0 Å². The van der Waals surface area contributed by atoms with Crippen LogP contribution in [0.15, 0.2) is 66.7 Å². The lowest BCUT2D eigenvalue weighted by atomic mass is 10.2. The molecular formula is C16H14O3. The van der Waals surface area contributed by atoms with Gasteiger partial charge < -0.3 is 9.47 Å². The van der Waals surface area contributed by atoms with E-state index in [1.165, 1.54) is 0 Å². The summed E-state index contributed by atoms with van der Waals surface area (Å²) in [4.78, 5) is 11.3. The van der Waals surface area contributed by atoms with Crippen molar-refractivity contribution in [2.45, 2.75) is 0 Å².